The molecule has 0 radical (unpaired) electrons. The zero-order chi connectivity index (χ0) is 14.8. The van der Waals surface area contributed by atoms with Gasteiger partial charge in [0.05, 0.1) is 0 Å². The van der Waals surface area contributed by atoms with E-state index in [1.165, 1.54) is 5.69 Å². The smallest absolute Gasteiger partial charge is 0.188 e. The Morgan fingerprint density at radius 2 is 1.90 bits per heavy atom. The molecular formula is C16H29IN4. The van der Waals surface area contributed by atoms with Crippen molar-refractivity contribution in [2.75, 3.05) is 31.6 Å². The van der Waals surface area contributed by atoms with Crippen molar-refractivity contribution in [3.8, 4) is 0 Å². The van der Waals surface area contributed by atoms with Gasteiger partial charge < -0.3 is 16.0 Å². The second kappa shape index (κ2) is 11.7. The molecule has 1 aromatic rings. The molecular weight excluding hydrogens is 375 g/mol. The number of hydrogen-bond donors (Lipinski definition) is 2. The second-order valence-corrected chi connectivity index (χ2v) is 5.51. The molecule has 4 nitrogen and oxygen atoms in total. The van der Waals surface area contributed by atoms with Crippen LogP contribution in [0.15, 0.2) is 35.3 Å². The third-order valence-electron chi connectivity index (χ3n) is 3.05. The van der Waals surface area contributed by atoms with Crippen molar-refractivity contribution in [2.24, 2.45) is 16.6 Å². The van der Waals surface area contributed by atoms with E-state index >= 15 is 0 Å². The molecule has 1 rings (SSSR count). The molecule has 0 saturated carbocycles. The highest BCUT2D eigenvalue weighted by Crippen LogP contribution is 2.11. The predicted molar refractivity (Wildman–Crippen MR) is 104 cm³/mol. The summed E-state index contributed by atoms with van der Waals surface area (Å²) in [5.74, 6) is 1.12. The topological polar surface area (TPSA) is 53.6 Å². The van der Waals surface area contributed by atoms with Crippen LogP contribution in [0, 0.1) is 5.92 Å². The van der Waals surface area contributed by atoms with Crippen LogP contribution in [0.4, 0.5) is 5.69 Å². The summed E-state index contributed by atoms with van der Waals surface area (Å²) in [6.45, 7) is 6.99. The first-order valence-electron chi connectivity index (χ1n) is 7.39. The van der Waals surface area contributed by atoms with E-state index in [9.17, 15) is 0 Å². The zero-order valence-corrected chi connectivity index (χ0v) is 15.7. The van der Waals surface area contributed by atoms with Gasteiger partial charge in [0.15, 0.2) is 5.96 Å². The Morgan fingerprint density at radius 3 is 2.52 bits per heavy atom. The molecule has 0 aromatic heterocycles. The van der Waals surface area contributed by atoms with Gasteiger partial charge in [0.1, 0.15) is 0 Å². The molecule has 21 heavy (non-hydrogen) atoms. The normalized spacial score (nSPS) is 11.1. The van der Waals surface area contributed by atoms with Gasteiger partial charge in [-0.1, -0.05) is 32.0 Å². The first kappa shape index (κ1) is 20.0. The Balaban J connectivity index is 0.00000400. The first-order chi connectivity index (χ1) is 9.59. The van der Waals surface area contributed by atoms with Crippen LogP contribution in [0.5, 0.6) is 0 Å². The van der Waals surface area contributed by atoms with Crippen LogP contribution in [0.25, 0.3) is 0 Å². The Kier molecular flexibility index (Phi) is 11.1. The molecule has 120 valence electrons. The lowest BCUT2D eigenvalue weighted by atomic mass is 10.2. The van der Waals surface area contributed by atoms with Crippen molar-refractivity contribution in [3.05, 3.63) is 30.3 Å². The van der Waals surface area contributed by atoms with Crippen LogP contribution in [0.1, 0.15) is 26.7 Å². The number of halogens is 1. The Hall–Kier alpha value is -0.980. The van der Waals surface area contributed by atoms with Gasteiger partial charge in [-0.15, -0.1) is 24.0 Å². The number of nitrogens with two attached hydrogens (primary N) is 1. The van der Waals surface area contributed by atoms with Gasteiger partial charge in [-0.05, 0) is 30.9 Å². The quantitative estimate of drug-likeness (QED) is 0.303. The molecule has 0 spiro atoms. The molecule has 0 aliphatic rings. The van der Waals surface area contributed by atoms with Crippen LogP contribution in [0.2, 0.25) is 0 Å². The summed E-state index contributed by atoms with van der Waals surface area (Å²) in [5, 5.41) is 3.16. The lowest BCUT2D eigenvalue weighted by molar-refractivity contribution is 0.656. The van der Waals surface area contributed by atoms with Crippen LogP contribution < -0.4 is 16.0 Å². The van der Waals surface area contributed by atoms with Crippen molar-refractivity contribution >= 4 is 35.6 Å². The minimum Gasteiger partial charge on any atom is -0.375 e. The summed E-state index contributed by atoms with van der Waals surface area (Å²) < 4.78 is 0. The lowest BCUT2D eigenvalue weighted by Gasteiger charge is -2.19. The number of unbranched alkanes of at least 4 members (excludes halogenated alkanes) is 1. The highest BCUT2D eigenvalue weighted by molar-refractivity contribution is 14.0. The van der Waals surface area contributed by atoms with Crippen LogP contribution in [0.3, 0.4) is 0 Å². The summed E-state index contributed by atoms with van der Waals surface area (Å²) in [6, 6.07) is 10.4. The first-order valence-corrected chi connectivity index (χ1v) is 7.39. The second-order valence-electron chi connectivity index (χ2n) is 5.51. The number of hydrogen-bond acceptors (Lipinski definition) is 2. The fourth-order valence-electron chi connectivity index (χ4n) is 1.84. The molecule has 0 atom stereocenters. The van der Waals surface area contributed by atoms with Crippen molar-refractivity contribution in [1.82, 2.24) is 5.32 Å². The lowest BCUT2D eigenvalue weighted by Crippen LogP contribution is -2.33. The Bertz CT molecular complexity index is 393. The number of anilines is 1. The SMILES string of the molecule is CC(C)CN=C(N)NCCCCN(C)c1ccccc1.I. The standard InChI is InChI=1S/C16H28N4.HI/c1-14(2)13-19-16(17)18-11-7-8-12-20(3)15-9-5-4-6-10-15;/h4-6,9-10,14H,7-8,11-13H2,1-3H3,(H3,17,18,19);1H. The summed E-state index contributed by atoms with van der Waals surface area (Å²) in [4.78, 5) is 6.55. The van der Waals surface area contributed by atoms with E-state index in [-0.39, 0.29) is 24.0 Å². The Morgan fingerprint density at radius 1 is 1.24 bits per heavy atom. The largest absolute Gasteiger partial charge is 0.375 e. The minimum absolute atomic E-state index is 0. The molecule has 0 fully saturated rings. The molecule has 0 amide bonds. The van der Waals surface area contributed by atoms with E-state index in [0.717, 1.165) is 32.5 Å². The predicted octanol–water partition coefficient (Wildman–Crippen LogP) is 3.08. The molecule has 3 N–H and O–H groups in total. The van der Waals surface area contributed by atoms with Crippen molar-refractivity contribution in [3.63, 3.8) is 0 Å². The van der Waals surface area contributed by atoms with Gasteiger partial charge in [0, 0.05) is 32.4 Å². The third kappa shape index (κ3) is 9.55. The highest BCUT2D eigenvalue weighted by Gasteiger charge is 1.99. The van der Waals surface area contributed by atoms with Crippen molar-refractivity contribution in [2.45, 2.75) is 26.7 Å². The summed E-state index contributed by atoms with van der Waals surface area (Å²) in [7, 11) is 2.13. The number of nitrogens with one attached hydrogen (secondary N) is 1. The maximum Gasteiger partial charge on any atom is 0.188 e. The highest BCUT2D eigenvalue weighted by atomic mass is 127. The van der Waals surface area contributed by atoms with Gasteiger partial charge >= 0.3 is 0 Å². The van der Waals surface area contributed by atoms with Gasteiger partial charge in [0.2, 0.25) is 0 Å². The van der Waals surface area contributed by atoms with E-state index in [1.807, 2.05) is 6.07 Å². The number of nitrogens with zero attached hydrogens (tertiary/aromatic N) is 2. The Labute approximate surface area is 146 Å². The number of aliphatic imine (C=N–C) groups is 1. The van der Waals surface area contributed by atoms with Gasteiger partial charge in [-0.2, -0.15) is 0 Å². The van der Waals surface area contributed by atoms with Crippen LogP contribution in [-0.4, -0.2) is 32.6 Å². The van der Waals surface area contributed by atoms with Crippen LogP contribution >= 0.6 is 24.0 Å². The average molecular weight is 404 g/mol. The molecule has 0 aliphatic heterocycles. The maximum absolute atomic E-state index is 5.78. The number of para-hydroxylation sites is 1. The van der Waals surface area contributed by atoms with Gasteiger partial charge in [-0.25, -0.2) is 0 Å². The van der Waals surface area contributed by atoms with E-state index in [0.29, 0.717) is 11.9 Å². The number of benzene rings is 1. The zero-order valence-electron chi connectivity index (χ0n) is 13.4. The van der Waals surface area contributed by atoms with Gasteiger partial charge in [0.25, 0.3) is 0 Å². The van der Waals surface area contributed by atoms with E-state index in [2.05, 4.69) is 60.4 Å². The third-order valence-corrected chi connectivity index (χ3v) is 3.05. The molecule has 1 aromatic carbocycles. The monoisotopic (exact) mass is 404 g/mol. The van der Waals surface area contributed by atoms with Crippen molar-refractivity contribution < 1.29 is 0 Å². The summed E-state index contributed by atoms with van der Waals surface area (Å²) in [6.07, 6.45) is 2.23. The molecule has 0 bridgehead atoms. The van der Waals surface area contributed by atoms with E-state index in [4.69, 9.17) is 5.73 Å². The molecule has 0 heterocycles. The fraction of sp³-hybridized carbons (Fsp3) is 0.562. The summed E-state index contributed by atoms with van der Waals surface area (Å²) in [5.41, 5.74) is 7.05. The minimum atomic E-state index is 0. The molecule has 5 heteroatoms. The van der Waals surface area contributed by atoms with E-state index < -0.39 is 0 Å². The maximum atomic E-state index is 5.78. The molecule has 0 saturated heterocycles. The number of guanidine groups is 1. The van der Waals surface area contributed by atoms with Crippen LogP contribution in [-0.2, 0) is 0 Å². The molecule has 0 unspecified atom stereocenters. The fourth-order valence-corrected chi connectivity index (χ4v) is 1.84. The van der Waals surface area contributed by atoms with E-state index in [1.54, 1.807) is 0 Å². The van der Waals surface area contributed by atoms with Gasteiger partial charge in [-0.3, -0.25) is 4.99 Å². The number of rotatable bonds is 8. The summed E-state index contributed by atoms with van der Waals surface area (Å²) >= 11 is 0. The average Bonchev–Trinajstić information content (AvgIpc) is 2.45. The van der Waals surface area contributed by atoms with Crippen molar-refractivity contribution in [1.29, 1.82) is 0 Å². The molecule has 0 aliphatic carbocycles.